The number of nitrogens with one attached hydrogen (secondary N) is 1. The van der Waals surface area contributed by atoms with Crippen LogP contribution in [0.5, 0.6) is 0 Å². The summed E-state index contributed by atoms with van der Waals surface area (Å²) in [5.41, 5.74) is 0. The highest BCUT2D eigenvalue weighted by atomic mass is 16.5. The average Bonchev–Trinajstić information content (AvgIpc) is 3.38. The quantitative estimate of drug-likeness (QED) is 0.0320. The highest BCUT2D eigenvalue weighted by molar-refractivity contribution is 5.76. The first-order valence-corrected chi connectivity index (χ1v) is 31.9. The second-order valence-electron chi connectivity index (χ2n) is 21.7. The molecular weight excluding hydrogens is 887 g/mol. The molecule has 0 bridgehead atoms. The van der Waals surface area contributed by atoms with E-state index in [9.17, 15) is 19.8 Å². The maximum absolute atomic E-state index is 12.5. The monoisotopic (exact) mass is 1010 g/mol. The van der Waals surface area contributed by atoms with Crippen LogP contribution in [0.2, 0.25) is 0 Å². The molecule has 0 heterocycles. The van der Waals surface area contributed by atoms with Crippen LogP contribution in [0.15, 0.2) is 48.6 Å². The van der Waals surface area contributed by atoms with Crippen molar-refractivity contribution in [2.75, 3.05) is 13.2 Å². The van der Waals surface area contributed by atoms with Crippen LogP contribution in [-0.2, 0) is 14.3 Å². The van der Waals surface area contributed by atoms with Crippen LogP contribution >= 0.6 is 0 Å². The van der Waals surface area contributed by atoms with Crippen molar-refractivity contribution in [3.8, 4) is 0 Å². The summed E-state index contributed by atoms with van der Waals surface area (Å²) < 4.78 is 5.47. The summed E-state index contributed by atoms with van der Waals surface area (Å²) in [6.07, 6.45) is 78.7. The maximum Gasteiger partial charge on any atom is 0.305 e. The van der Waals surface area contributed by atoms with E-state index in [0.29, 0.717) is 19.4 Å². The molecule has 6 nitrogen and oxygen atoms in total. The number of aliphatic hydroxyl groups excluding tert-OH is 2. The Labute approximate surface area is 448 Å². The Kier molecular flexibility index (Phi) is 59.5. The van der Waals surface area contributed by atoms with Crippen molar-refractivity contribution in [3.05, 3.63) is 48.6 Å². The molecule has 0 saturated heterocycles. The average molecular weight is 1010 g/mol. The van der Waals surface area contributed by atoms with Crippen molar-refractivity contribution >= 4 is 11.9 Å². The Morgan fingerprint density at radius 1 is 0.389 bits per heavy atom. The molecule has 1 amide bonds. The first-order valence-electron chi connectivity index (χ1n) is 31.9. The molecule has 72 heavy (non-hydrogen) atoms. The van der Waals surface area contributed by atoms with Gasteiger partial charge in [0.25, 0.3) is 0 Å². The van der Waals surface area contributed by atoms with E-state index in [1.807, 2.05) is 6.08 Å². The predicted molar refractivity (Wildman–Crippen MR) is 315 cm³/mol. The van der Waals surface area contributed by atoms with Crippen molar-refractivity contribution in [3.63, 3.8) is 0 Å². The number of carbonyl (C=O) groups is 2. The number of carbonyl (C=O) groups excluding carboxylic acids is 2. The van der Waals surface area contributed by atoms with Gasteiger partial charge in [-0.25, -0.2) is 0 Å². The summed E-state index contributed by atoms with van der Waals surface area (Å²) in [5.74, 6) is -0.0793. The lowest BCUT2D eigenvalue weighted by atomic mass is 10.0. The fourth-order valence-corrected chi connectivity index (χ4v) is 9.67. The Morgan fingerprint density at radius 2 is 0.722 bits per heavy atom. The summed E-state index contributed by atoms with van der Waals surface area (Å²) in [7, 11) is 0. The number of rotatable bonds is 59. The Hall–Kier alpha value is -2.18. The van der Waals surface area contributed by atoms with Gasteiger partial charge in [0.2, 0.25) is 5.91 Å². The summed E-state index contributed by atoms with van der Waals surface area (Å²) in [4.78, 5) is 24.5. The van der Waals surface area contributed by atoms with Gasteiger partial charge >= 0.3 is 5.97 Å². The maximum atomic E-state index is 12.5. The van der Waals surface area contributed by atoms with Gasteiger partial charge in [0, 0.05) is 12.8 Å². The molecule has 0 fully saturated rings. The highest BCUT2D eigenvalue weighted by Gasteiger charge is 2.18. The molecule has 0 aromatic carbocycles. The zero-order valence-electron chi connectivity index (χ0n) is 48.2. The lowest BCUT2D eigenvalue weighted by molar-refractivity contribution is -0.143. The second kappa shape index (κ2) is 61.4. The molecule has 0 aromatic rings. The summed E-state index contributed by atoms with van der Waals surface area (Å²) in [6.45, 7) is 4.84. The number of esters is 1. The van der Waals surface area contributed by atoms with E-state index < -0.39 is 12.1 Å². The fraction of sp³-hybridized carbons (Fsp3) is 0.848. The number of hydrogen-bond donors (Lipinski definition) is 3. The van der Waals surface area contributed by atoms with Crippen LogP contribution in [0.25, 0.3) is 0 Å². The molecule has 422 valence electrons. The van der Waals surface area contributed by atoms with E-state index in [1.54, 1.807) is 6.08 Å². The summed E-state index contributed by atoms with van der Waals surface area (Å²) >= 11 is 0. The number of unbranched alkanes of at least 4 members (excludes halogenated alkanes) is 42. The molecule has 2 unspecified atom stereocenters. The van der Waals surface area contributed by atoms with Crippen molar-refractivity contribution in [2.45, 2.75) is 347 Å². The topological polar surface area (TPSA) is 95.9 Å². The number of allylic oxidation sites excluding steroid dienone is 7. The van der Waals surface area contributed by atoms with Gasteiger partial charge in [-0.05, 0) is 83.5 Å². The van der Waals surface area contributed by atoms with Crippen LogP contribution in [-0.4, -0.2) is 47.4 Å². The lowest BCUT2D eigenvalue weighted by Crippen LogP contribution is -2.45. The Balaban J connectivity index is 3.46. The molecule has 0 aliphatic rings. The number of hydrogen-bond acceptors (Lipinski definition) is 5. The van der Waals surface area contributed by atoms with E-state index in [-0.39, 0.29) is 18.5 Å². The number of aliphatic hydroxyl groups is 2. The predicted octanol–water partition coefficient (Wildman–Crippen LogP) is 20.1. The summed E-state index contributed by atoms with van der Waals surface area (Å²) in [5, 5.41) is 23.2. The van der Waals surface area contributed by atoms with E-state index >= 15 is 0 Å². The van der Waals surface area contributed by atoms with Crippen molar-refractivity contribution in [2.24, 2.45) is 0 Å². The molecular formula is C66H123NO5. The molecule has 6 heteroatoms. The number of amides is 1. The van der Waals surface area contributed by atoms with Gasteiger partial charge in [-0.1, -0.05) is 287 Å². The zero-order chi connectivity index (χ0) is 52.2. The standard InChI is InChI=1S/C66H123NO5/c1-3-5-7-9-11-13-15-17-18-19-20-25-28-31-35-38-42-46-50-54-58-64(69)63(62-68)67-65(70)59-55-51-47-43-39-36-32-29-26-23-21-22-24-27-30-33-37-41-45-49-53-57-61-72-66(71)60-56-52-48-44-40-34-16-14-12-10-8-6-4-2/h8,10,14,16,23,26,54,58,63-64,68-69H,3-7,9,11-13,15,17-22,24-25,27-53,55-57,59-62H2,1-2H3,(H,67,70)/b10-8-,16-14-,26-23-,58-54+. The second-order valence-corrected chi connectivity index (χ2v) is 21.7. The van der Waals surface area contributed by atoms with Crippen molar-refractivity contribution < 1.29 is 24.5 Å². The van der Waals surface area contributed by atoms with Gasteiger partial charge in [0.05, 0.1) is 25.4 Å². The largest absolute Gasteiger partial charge is 0.466 e. The Bertz CT molecular complexity index is 1210. The molecule has 0 aliphatic heterocycles. The molecule has 0 rings (SSSR count). The molecule has 0 radical (unpaired) electrons. The van der Waals surface area contributed by atoms with Crippen LogP contribution < -0.4 is 5.32 Å². The number of ether oxygens (including phenoxy) is 1. The SMILES string of the molecule is CCC/C=C\C/C=C\CCCCCCCC(=O)OCCCCCCCCCCCCC/C=C\CCCCCCCCCC(=O)NC(CO)C(O)/C=C/CCCCCCCCCCCCCCCCCCCC. The van der Waals surface area contributed by atoms with Gasteiger partial charge in [-0.15, -0.1) is 0 Å². The Morgan fingerprint density at radius 3 is 1.12 bits per heavy atom. The third kappa shape index (κ3) is 57.1. The van der Waals surface area contributed by atoms with Gasteiger partial charge in [-0.3, -0.25) is 9.59 Å². The zero-order valence-corrected chi connectivity index (χ0v) is 48.2. The molecule has 0 saturated carbocycles. The van der Waals surface area contributed by atoms with E-state index in [4.69, 9.17) is 4.74 Å². The van der Waals surface area contributed by atoms with Gasteiger partial charge in [0.15, 0.2) is 0 Å². The minimum Gasteiger partial charge on any atom is -0.466 e. The first kappa shape index (κ1) is 69.8. The van der Waals surface area contributed by atoms with Crippen LogP contribution in [0.1, 0.15) is 335 Å². The summed E-state index contributed by atoms with van der Waals surface area (Å²) in [6, 6.07) is -0.635. The highest BCUT2D eigenvalue weighted by Crippen LogP contribution is 2.17. The molecule has 3 N–H and O–H groups in total. The normalized spacial score (nSPS) is 12.9. The van der Waals surface area contributed by atoms with Gasteiger partial charge in [-0.2, -0.15) is 0 Å². The van der Waals surface area contributed by atoms with Gasteiger partial charge < -0.3 is 20.3 Å². The molecule has 0 aliphatic carbocycles. The van der Waals surface area contributed by atoms with E-state index in [2.05, 4.69) is 55.6 Å². The third-order valence-corrected chi connectivity index (χ3v) is 14.5. The fourth-order valence-electron chi connectivity index (χ4n) is 9.67. The minimum absolute atomic E-state index is 0.00615. The third-order valence-electron chi connectivity index (χ3n) is 14.5. The van der Waals surface area contributed by atoms with Crippen molar-refractivity contribution in [1.82, 2.24) is 5.32 Å². The van der Waals surface area contributed by atoms with Gasteiger partial charge in [0.1, 0.15) is 0 Å². The molecule has 2 atom stereocenters. The van der Waals surface area contributed by atoms with Crippen molar-refractivity contribution in [1.29, 1.82) is 0 Å². The first-order chi connectivity index (χ1) is 35.5. The van der Waals surface area contributed by atoms with E-state index in [0.717, 1.165) is 57.8 Å². The molecule has 0 aromatic heterocycles. The van der Waals surface area contributed by atoms with Crippen LogP contribution in [0.4, 0.5) is 0 Å². The van der Waals surface area contributed by atoms with E-state index in [1.165, 1.54) is 250 Å². The smallest absolute Gasteiger partial charge is 0.305 e. The molecule has 0 spiro atoms. The van der Waals surface area contributed by atoms with Crippen LogP contribution in [0, 0.1) is 0 Å². The minimum atomic E-state index is -0.851. The van der Waals surface area contributed by atoms with Crippen LogP contribution in [0.3, 0.4) is 0 Å². The lowest BCUT2D eigenvalue weighted by Gasteiger charge is -2.20.